The monoisotopic (exact) mass is 291 g/mol. The van der Waals surface area contributed by atoms with Crippen molar-refractivity contribution in [1.29, 1.82) is 0 Å². The van der Waals surface area contributed by atoms with Crippen molar-refractivity contribution < 1.29 is 9.72 Å². The summed E-state index contributed by atoms with van der Waals surface area (Å²) in [6.45, 7) is 4.35. The van der Waals surface area contributed by atoms with E-state index >= 15 is 0 Å². The highest BCUT2D eigenvalue weighted by molar-refractivity contribution is 5.99. The minimum atomic E-state index is -0.527. The molecular formula is C15H21N3O3. The van der Waals surface area contributed by atoms with Crippen LogP contribution in [-0.4, -0.2) is 16.9 Å². The Labute approximate surface area is 123 Å². The summed E-state index contributed by atoms with van der Waals surface area (Å²) < 4.78 is 0. The van der Waals surface area contributed by atoms with Gasteiger partial charge in [-0.05, 0) is 37.2 Å². The van der Waals surface area contributed by atoms with Gasteiger partial charge in [0.1, 0.15) is 0 Å². The van der Waals surface area contributed by atoms with Crippen molar-refractivity contribution in [3.05, 3.63) is 33.9 Å². The van der Waals surface area contributed by atoms with Gasteiger partial charge in [-0.25, -0.2) is 0 Å². The Morgan fingerprint density at radius 1 is 1.29 bits per heavy atom. The molecule has 0 saturated heterocycles. The molecule has 6 heteroatoms. The molecule has 2 atom stereocenters. The summed E-state index contributed by atoms with van der Waals surface area (Å²) in [6, 6.07) is 4.05. The number of benzene rings is 1. The minimum absolute atomic E-state index is 0.106. The van der Waals surface area contributed by atoms with Crippen molar-refractivity contribution >= 4 is 17.3 Å². The van der Waals surface area contributed by atoms with Crippen LogP contribution in [0.25, 0.3) is 0 Å². The van der Waals surface area contributed by atoms with Crippen LogP contribution in [0.2, 0.25) is 0 Å². The summed E-state index contributed by atoms with van der Waals surface area (Å²) in [7, 11) is 0. The fourth-order valence-electron chi connectivity index (χ4n) is 3.18. The molecule has 1 aliphatic carbocycles. The number of nitro benzene ring substituents is 1. The number of nitrogens with two attached hydrogens (primary N) is 1. The first-order valence-corrected chi connectivity index (χ1v) is 7.21. The Kier molecular flexibility index (Phi) is 4.45. The molecule has 1 amide bonds. The summed E-state index contributed by atoms with van der Waals surface area (Å²) in [4.78, 5) is 22.6. The van der Waals surface area contributed by atoms with Gasteiger partial charge in [0.05, 0.1) is 10.5 Å². The van der Waals surface area contributed by atoms with Gasteiger partial charge in [0.2, 0.25) is 0 Å². The predicted octanol–water partition coefficient (Wildman–Crippen LogP) is 2.73. The van der Waals surface area contributed by atoms with E-state index in [1.165, 1.54) is 24.6 Å². The van der Waals surface area contributed by atoms with E-state index in [4.69, 9.17) is 5.73 Å². The van der Waals surface area contributed by atoms with E-state index in [1.54, 1.807) is 0 Å². The number of nitro groups is 1. The number of nitrogens with zero attached hydrogens (tertiary/aromatic N) is 1. The first kappa shape index (κ1) is 15.3. The summed E-state index contributed by atoms with van der Waals surface area (Å²) in [5.74, 6) is 0.811. The fourth-order valence-corrected chi connectivity index (χ4v) is 3.18. The molecule has 1 aromatic carbocycles. The number of nitrogen functional groups attached to an aromatic ring is 1. The number of rotatable bonds is 3. The molecular weight excluding hydrogens is 270 g/mol. The lowest BCUT2D eigenvalue weighted by atomic mass is 9.80. The lowest BCUT2D eigenvalue weighted by molar-refractivity contribution is -0.384. The molecule has 3 N–H and O–H groups in total. The summed E-state index contributed by atoms with van der Waals surface area (Å²) in [5.41, 5.74) is 6.08. The molecule has 0 spiro atoms. The van der Waals surface area contributed by atoms with Crippen LogP contribution >= 0.6 is 0 Å². The van der Waals surface area contributed by atoms with Crippen LogP contribution in [0.5, 0.6) is 0 Å². The van der Waals surface area contributed by atoms with E-state index < -0.39 is 4.92 Å². The summed E-state index contributed by atoms with van der Waals surface area (Å²) in [5, 5.41) is 13.8. The molecule has 2 unspecified atom stereocenters. The van der Waals surface area contributed by atoms with Gasteiger partial charge in [-0.2, -0.15) is 0 Å². The second-order valence-electron chi connectivity index (χ2n) is 6.12. The van der Waals surface area contributed by atoms with Crippen molar-refractivity contribution in [2.45, 2.75) is 39.2 Å². The number of anilines is 1. The highest BCUT2D eigenvalue weighted by Gasteiger charge is 2.26. The number of hydrogen-bond acceptors (Lipinski definition) is 4. The van der Waals surface area contributed by atoms with Gasteiger partial charge in [-0.15, -0.1) is 0 Å². The number of hydrogen-bond donors (Lipinski definition) is 2. The third-order valence-corrected chi connectivity index (χ3v) is 4.01. The zero-order chi connectivity index (χ0) is 15.6. The standard InChI is InChI=1S/C15H21N3O3/c1-9-5-10(2)7-11(6-9)17-15(19)13-8-12(18(20)21)3-4-14(13)16/h3-4,8-11H,5-7,16H2,1-2H3,(H,17,19). The largest absolute Gasteiger partial charge is 0.398 e. The first-order chi connectivity index (χ1) is 9.86. The maximum atomic E-state index is 12.3. The van der Waals surface area contributed by atoms with Gasteiger partial charge in [0.15, 0.2) is 0 Å². The fraction of sp³-hybridized carbons (Fsp3) is 0.533. The Balaban J connectivity index is 2.13. The van der Waals surface area contributed by atoms with Crippen molar-refractivity contribution in [1.82, 2.24) is 5.32 Å². The summed E-state index contributed by atoms with van der Waals surface area (Å²) >= 11 is 0. The van der Waals surface area contributed by atoms with E-state index in [1.807, 2.05) is 0 Å². The van der Waals surface area contributed by atoms with E-state index in [9.17, 15) is 14.9 Å². The second-order valence-corrected chi connectivity index (χ2v) is 6.12. The van der Waals surface area contributed by atoms with E-state index in [-0.39, 0.29) is 28.9 Å². The van der Waals surface area contributed by atoms with Gasteiger partial charge in [0.25, 0.3) is 11.6 Å². The Hall–Kier alpha value is -2.11. The van der Waals surface area contributed by atoms with Crippen molar-refractivity contribution in [2.24, 2.45) is 11.8 Å². The van der Waals surface area contributed by atoms with E-state index in [0.29, 0.717) is 11.8 Å². The molecule has 6 nitrogen and oxygen atoms in total. The predicted molar refractivity (Wildman–Crippen MR) is 80.9 cm³/mol. The number of carbonyl (C=O) groups excluding carboxylic acids is 1. The molecule has 2 rings (SSSR count). The van der Waals surface area contributed by atoms with Crippen LogP contribution in [0.15, 0.2) is 18.2 Å². The third-order valence-electron chi connectivity index (χ3n) is 4.01. The highest BCUT2D eigenvalue weighted by Crippen LogP contribution is 2.29. The lowest BCUT2D eigenvalue weighted by Crippen LogP contribution is -2.40. The summed E-state index contributed by atoms with van der Waals surface area (Å²) in [6.07, 6.45) is 3.04. The second kappa shape index (κ2) is 6.11. The van der Waals surface area contributed by atoms with Gasteiger partial charge in [0, 0.05) is 23.9 Å². The zero-order valence-electron chi connectivity index (χ0n) is 12.3. The van der Waals surface area contributed by atoms with Crippen LogP contribution in [-0.2, 0) is 0 Å². The number of carbonyl (C=O) groups is 1. The smallest absolute Gasteiger partial charge is 0.270 e. The maximum absolute atomic E-state index is 12.3. The van der Waals surface area contributed by atoms with Crippen molar-refractivity contribution in [3.63, 3.8) is 0 Å². The molecule has 0 aromatic heterocycles. The molecule has 0 bridgehead atoms. The van der Waals surface area contributed by atoms with Crippen LogP contribution in [0, 0.1) is 22.0 Å². The molecule has 1 aliphatic rings. The number of amides is 1. The maximum Gasteiger partial charge on any atom is 0.270 e. The van der Waals surface area contributed by atoms with Crippen molar-refractivity contribution in [3.8, 4) is 0 Å². The Bertz CT molecular complexity index is 549. The lowest BCUT2D eigenvalue weighted by Gasteiger charge is -2.32. The zero-order valence-corrected chi connectivity index (χ0v) is 12.3. The first-order valence-electron chi connectivity index (χ1n) is 7.21. The van der Waals surface area contributed by atoms with Crippen LogP contribution < -0.4 is 11.1 Å². The minimum Gasteiger partial charge on any atom is -0.398 e. The Morgan fingerprint density at radius 2 is 1.90 bits per heavy atom. The van der Waals surface area contributed by atoms with E-state index in [2.05, 4.69) is 19.2 Å². The molecule has 1 aromatic rings. The van der Waals surface area contributed by atoms with E-state index in [0.717, 1.165) is 12.8 Å². The number of nitrogens with one attached hydrogen (secondary N) is 1. The molecule has 0 radical (unpaired) electrons. The van der Waals surface area contributed by atoms with Gasteiger partial charge in [-0.3, -0.25) is 14.9 Å². The molecule has 0 heterocycles. The van der Waals surface area contributed by atoms with Crippen LogP contribution in [0.1, 0.15) is 43.5 Å². The van der Waals surface area contributed by atoms with Gasteiger partial charge >= 0.3 is 0 Å². The highest BCUT2D eigenvalue weighted by atomic mass is 16.6. The number of non-ortho nitro benzene ring substituents is 1. The Morgan fingerprint density at radius 3 is 2.48 bits per heavy atom. The quantitative estimate of drug-likeness (QED) is 0.508. The molecule has 0 aliphatic heterocycles. The van der Waals surface area contributed by atoms with Gasteiger partial charge in [-0.1, -0.05) is 13.8 Å². The molecule has 114 valence electrons. The normalized spacial score (nSPS) is 25.3. The van der Waals surface area contributed by atoms with Crippen LogP contribution in [0.4, 0.5) is 11.4 Å². The van der Waals surface area contributed by atoms with Crippen LogP contribution in [0.3, 0.4) is 0 Å². The average molecular weight is 291 g/mol. The molecule has 1 saturated carbocycles. The van der Waals surface area contributed by atoms with Gasteiger partial charge < -0.3 is 11.1 Å². The third kappa shape index (κ3) is 3.71. The molecule has 1 fully saturated rings. The van der Waals surface area contributed by atoms with Crippen molar-refractivity contribution in [2.75, 3.05) is 5.73 Å². The topological polar surface area (TPSA) is 98.3 Å². The molecule has 21 heavy (non-hydrogen) atoms. The average Bonchev–Trinajstić information content (AvgIpc) is 2.37. The SMILES string of the molecule is CC1CC(C)CC(NC(=O)c2cc([N+](=O)[O-])ccc2N)C1.